The second-order valence-corrected chi connectivity index (χ2v) is 4.66. The molecule has 3 nitrogen and oxygen atoms in total. The first kappa shape index (κ1) is 13.1. The number of carbonyl (C=O) groups is 1. The highest BCUT2D eigenvalue weighted by molar-refractivity contribution is 6.40. The summed E-state index contributed by atoms with van der Waals surface area (Å²) in [6.45, 7) is 0. The van der Waals surface area contributed by atoms with Crippen molar-refractivity contribution in [2.24, 2.45) is 0 Å². The monoisotopic (exact) mass is 300 g/mol. The molecule has 0 bridgehead atoms. The molecular formula is C12H7Cl3N2O. The number of hydrogen-bond acceptors (Lipinski definition) is 2. The van der Waals surface area contributed by atoms with Gasteiger partial charge in [-0.15, -0.1) is 0 Å². The molecule has 1 heterocycles. The number of anilines is 1. The summed E-state index contributed by atoms with van der Waals surface area (Å²) in [5.41, 5.74) is 0.220. The zero-order chi connectivity index (χ0) is 13.1. The fourth-order valence-electron chi connectivity index (χ4n) is 1.34. The third kappa shape index (κ3) is 2.93. The van der Waals surface area contributed by atoms with E-state index in [-0.39, 0.29) is 15.6 Å². The lowest BCUT2D eigenvalue weighted by atomic mass is 10.2. The highest BCUT2D eigenvalue weighted by atomic mass is 35.5. The lowest BCUT2D eigenvalue weighted by Gasteiger charge is -2.07. The molecule has 18 heavy (non-hydrogen) atoms. The summed E-state index contributed by atoms with van der Waals surface area (Å²) in [5.74, 6) is -0.0409. The Labute approximate surface area is 119 Å². The van der Waals surface area contributed by atoms with Crippen LogP contribution in [0.1, 0.15) is 10.4 Å². The first-order valence-corrected chi connectivity index (χ1v) is 6.08. The summed E-state index contributed by atoms with van der Waals surface area (Å²) >= 11 is 17.6. The third-order valence-corrected chi connectivity index (χ3v) is 3.01. The van der Waals surface area contributed by atoms with Gasteiger partial charge in [-0.3, -0.25) is 4.79 Å². The molecule has 1 N–H and O–H groups in total. The van der Waals surface area contributed by atoms with Gasteiger partial charge in [0.1, 0.15) is 5.82 Å². The predicted molar refractivity (Wildman–Crippen MR) is 73.7 cm³/mol. The van der Waals surface area contributed by atoms with Gasteiger partial charge in [-0.2, -0.15) is 0 Å². The molecule has 2 rings (SSSR count). The predicted octanol–water partition coefficient (Wildman–Crippen LogP) is 4.29. The molecule has 1 aromatic heterocycles. The fourth-order valence-corrected chi connectivity index (χ4v) is 2.02. The summed E-state index contributed by atoms with van der Waals surface area (Å²) in [4.78, 5) is 15.9. The van der Waals surface area contributed by atoms with E-state index in [9.17, 15) is 4.79 Å². The molecule has 0 saturated carbocycles. The van der Waals surface area contributed by atoms with Crippen molar-refractivity contribution in [3.8, 4) is 0 Å². The average molecular weight is 302 g/mol. The lowest BCUT2D eigenvalue weighted by molar-refractivity contribution is 0.102. The average Bonchev–Trinajstić information content (AvgIpc) is 2.32. The van der Waals surface area contributed by atoms with Gasteiger partial charge in [-0.05, 0) is 24.3 Å². The van der Waals surface area contributed by atoms with Crippen molar-refractivity contribution in [1.82, 2.24) is 4.98 Å². The topological polar surface area (TPSA) is 42.0 Å². The molecular weight excluding hydrogens is 295 g/mol. The number of hydrogen-bond donors (Lipinski definition) is 1. The number of carbonyl (C=O) groups excluding carboxylic acids is 1. The van der Waals surface area contributed by atoms with E-state index in [1.165, 1.54) is 6.20 Å². The fraction of sp³-hybridized carbons (Fsp3) is 0. The molecule has 6 heteroatoms. The molecule has 0 spiro atoms. The van der Waals surface area contributed by atoms with Crippen molar-refractivity contribution >= 4 is 46.5 Å². The maximum absolute atomic E-state index is 12.0. The molecule has 0 aliphatic heterocycles. The molecule has 0 saturated heterocycles. The van der Waals surface area contributed by atoms with E-state index in [0.717, 1.165) is 0 Å². The Morgan fingerprint density at radius 1 is 1.06 bits per heavy atom. The molecule has 0 aliphatic carbocycles. The van der Waals surface area contributed by atoms with Crippen LogP contribution in [-0.2, 0) is 0 Å². The van der Waals surface area contributed by atoms with Crippen molar-refractivity contribution in [2.75, 3.05) is 5.32 Å². The highest BCUT2D eigenvalue weighted by Gasteiger charge is 2.14. The Morgan fingerprint density at radius 2 is 1.72 bits per heavy atom. The van der Waals surface area contributed by atoms with E-state index in [4.69, 9.17) is 34.8 Å². The molecule has 0 atom stereocenters. The SMILES string of the molecule is O=C(Nc1ccc(Cl)cn1)c1c(Cl)cccc1Cl. The maximum atomic E-state index is 12.0. The molecule has 1 amide bonds. The molecule has 0 fully saturated rings. The number of nitrogens with one attached hydrogen (secondary N) is 1. The van der Waals surface area contributed by atoms with E-state index in [2.05, 4.69) is 10.3 Å². The lowest BCUT2D eigenvalue weighted by Crippen LogP contribution is -2.13. The van der Waals surface area contributed by atoms with Gasteiger partial charge in [0.2, 0.25) is 0 Å². The van der Waals surface area contributed by atoms with Crippen molar-refractivity contribution in [1.29, 1.82) is 0 Å². The Bertz CT molecular complexity index is 564. The van der Waals surface area contributed by atoms with E-state index < -0.39 is 5.91 Å². The number of benzene rings is 1. The van der Waals surface area contributed by atoms with Gasteiger partial charge in [-0.1, -0.05) is 40.9 Å². The van der Waals surface area contributed by atoms with E-state index in [0.29, 0.717) is 10.8 Å². The van der Waals surface area contributed by atoms with Gasteiger partial charge in [0, 0.05) is 6.20 Å². The van der Waals surface area contributed by atoms with E-state index >= 15 is 0 Å². The summed E-state index contributed by atoms with van der Waals surface area (Å²) in [6, 6.07) is 8.07. The zero-order valence-electron chi connectivity index (χ0n) is 8.95. The number of rotatable bonds is 2. The molecule has 0 unspecified atom stereocenters. The number of amides is 1. The number of aromatic nitrogens is 1. The molecule has 0 radical (unpaired) electrons. The zero-order valence-corrected chi connectivity index (χ0v) is 11.2. The van der Waals surface area contributed by atoms with Crippen molar-refractivity contribution in [3.05, 3.63) is 57.2 Å². The van der Waals surface area contributed by atoms with Gasteiger partial charge >= 0.3 is 0 Å². The van der Waals surface area contributed by atoms with E-state index in [1.54, 1.807) is 30.3 Å². The highest BCUT2D eigenvalue weighted by Crippen LogP contribution is 2.25. The van der Waals surface area contributed by atoms with Crippen LogP contribution in [0.5, 0.6) is 0 Å². The maximum Gasteiger partial charge on any atom is 0.259 e. The second kappa shape index (κ2) is 5.57. The minimum atomic E-state index is -0.416. The number of halogens is 3. The largest absolute Gasteiger partial charge is 0.306 e. The third-order valence-electron chi connectivity index (χ3n) is 2.16. The summed E-state index contributed by atoms with van der Waals surface area (Å²) in [6.07, 6.45) is 1.44. The van der Waals surface area contributed by atoms with Gasteiger partial charge in [0.05, 0.1) is 20.6 Å². The van der Waals surface area contributed by atoms with Crippen LogP contribution in [0, 0.1) is 0 Å². The van der Waals surface area contributed by atoms with Crippen LogP contribution < -0.4 is 5.32 Å². The van der Waals surface area contributed by atoms with Crippen LogP contribution in [0.2, 0.25) is 15.1 Å². The van der Waals surface area contributed by atoms with Gasteiger partial charge < -0.3 is 5.32 Å². The van der Waals surface area contributed by atoms with Crippen LogP contribution in [0.25, 0.3) is 0 Å². The Morgan fingerprint density at radius 3 is 2.28 bits per heavy atom. The molecule has 92 valence electrons. The van der Waals surface area contributed by atoms with Gasteiger partial charge in [-0.25, -0.2) is 4.98 Å². The van der Waals surface area contributed by atoms with Gasteiger partial charge in [0.15, 0.2) is 0 Å². The van der Waals surface area contributed by atoms with Crippen molar-refractivity contribution in [3.63, 3.8) is 0 Å². The Balaban J connectivity index is 2.25. The van der Waals surface area contributed by atoms with Crippen LogP contribution in [0.15, 0.2) is 36.5 Å². The quantitative estimate of drug-likeness (QED) is 0.899. The minimum Gasteiger partial charge on any atom is -0.306 e. The Kier molecular flexibility index (Phi) is 4.07. The second-order valence-electron chi connectivity index (χ2n) is 3.41. The van der Waals surface area contributed by atoms with Crippen LogP contribution >= 0.6 is 34.8 Å². The summed E-state index contributed by atoms with van der Waals surface area (Å²) in [7, 11) is 0. The Hall–Kier alpha value is -1.29. The molecule has 0 aliphatic rings. The standard InChI is InChI=1S/C12H7Cl3N2O/c13-7-4-5-10(16-6-7)17-12(18)11-8(14)2-1-3-9(11)15/h1-6H,(H,16,17,18). The number of pyridine rings is 1. The number of nitrogens with zero attached hydrogens (tertiary/aromatic N) is 1. The van der Waals surface area contributed by atoms with E-state index in [1.807, 2.05) is 0 Å². The van der Waals surface area contributed by atoms with Crippen LogP contribution in [0.3, 0.4) is 0 Å². The minimum absolute atomic E-state index is 0.220. The smallest absolute Gasteiger partial charge is 0.259 e. The van der Waals surface area contributed by atoms with Crippen LogP contribution in [-0.4, -0.2) is 10.9 Å². The normalized spacial score (nSPS) is 10.2. The van der Waals surface area contributed by atoms with Crippen molar-refractivity contribution in [2.45, 2.75) is 0 Å². The van der Waals surface area contributed by atoms with Crippen molar-refractivity contribution < 1.29 is 4.79 Å². The summed E-state index contributed by atoms with van der Waals surface area (Å²) < 4.78 is 0. The molecule has 1 aromatic carbocycles. The van der Waals surface area contributed by atoms with Gasteiger partial charge in [0.25, 0.3) is 5.91 Å². The first-order chi connectivity index (χ1) is 8.58. The first-order valence-electron chi connectivity index (χ1n) is 4.95. The molecule has 2 aromatic rings. The summed E-state index contributed by atoms with van der Waals surface area (Å²) in [5, 5.41) is 3.65. The van der Waals surface area contributed by atoms with Crippen LogP contribution in [0.4, 0.5) is 5.82 Å².